The van der Waals surface area contributed by atoms with E-state index >= 15 is 0 Å². The zero-order chi connectivity index (χ0) is 14.2. The summed E-state index contributed by atoms with van der Waals surface area (Å²) in [5.41, 5.74) is 2.05. The van der Waals surface area contributed by atoms with Gasteiger partial charge in [0, 0.05) is 12.2 Å². The number of aryl methyl sites for hydroxylation is 1. The zero-order valence-corrected chi connectivity index (χ0v) is 12.5. The number of anilines is 1. The van der Waals surface area contributed by atoms with Crippen LogP contribution in [-0.4, -0.2) is 12.6 Å². The molecule has 1 aliphatic rings. The second-order valence-corrected chi connectivity index (χ2v) is 5.89. The number of carbonyl (C=O) groups excluding carboxylic acids is 1. The fourth-order valence-electron chi connectivity index (χ4n) is 2.88. The molecule has 0 unspecified atom stereocenters. The third-order valence-corrected chi connectivity index (χ3v) is 4.11. The Kier molecular flexibility index (Phi) is 5.90. The van der Waals surface area contributed by atoms with Gasteiger partial charge in [0.15, 0.2) is 0 Å². The average Bonchev–Trinajstić information content (AvgIpc) is 2.47. The summed E-state index contributed by atoms with van der Waals surface area (Å²) >= 11 is 0. The van der Waals surface area contributed by atoms with Gasteiger partial charge in [-0.25, -0.2) is 4.79 Å². The first-order chi connectivity index (χ1) is 9.74. The van der Waals surface area contributed by atoms with Crippen molar-refractivity contribution in [2.75, 3.05) is 11.9 Å². The van der Waals surface area contributed by atoms with Gasteiger partial charge in [-0.15, -0.1) is 0 Å². The van der Waals surface area contributed by atoms with Crippen LogP contribution in [0.4, 0.5) is 10.5 Å². The standard InChI is InChI=1S/C17H26N2O/c1-14-9-11-16(12-10-14)19-17(20)18-13-5-8-15-6-3-2-4-7-15/h9-12,15H,2-8,13H2,1H3,(H2,18,19,20). The molecule has 0 radical (unpaired) electrons. The highest BCUT2D eigenvalue weighted by molar-refractivity contribution is 5.89. The molecular weight excluding hydrogens is 248 g/mol. The summed E-state index contributed by atoms with van der Waals surface area (Å²) in [6.07, 6.45) is 9.31. The van der Waals surface area contributed by atoms with E-state index in [0.717, 1.165) is 24.6 Å². The van der Waals surface area contributed by atoms with Crippen molar-refractivity contribution in [1.82, 2.24) is 5.32 Å². The van der Waals surface area contributed by atoms with Crippen LogP contribution in [0.3, 0.4) is 0 Å². The van der Waals surface area contributed by atoms with E-state index in [4.69, 9.17) is 0 Å². The van der Waals surface area contributed by atoms with Crippen molar-refractivity contribution in [3.05, 3.63) is 29.8 Å². The monoisotopic (exact) mass is 274 g/mol. The second-order valence-electron chi connectivity index (χ2n) is 5.89. The highest BCUT2D eigenvalue weighted by Gasteiger charge is 2.12. The number of nitrogens with one attached hydrogen (secondary N) is 2. The molecule has 0 aromatic heterocycles. The maximum Gasteiger partial charge on any atom is 0.319 e. The Bertz CT molecular complexity index is 408. The van der Waals surface area contributed by atoms with E-state index < -0.39 is 0 Å². The van der Waals surface area contributed by atoms with Gasteiger partial charge in [-0.05, 0) is 37.8 Å². The number of rotatable bonds is 5. The van der Waals surface area contributed by atoms with Gasteiger partial charge in [0.2, 0.25) is 0 Å². The molecule has 2 amide bonds. The van der Waals surface area contributed by atoms with Gasteiger partial charge in [0.25, 0.3) is 0 Å². The maximum absolute atomic E-state index is 11.7. The van der Waals surface area contributed by atoms with Crippen molar-refractivity contribution in [2.45, 2.75) is 51.9 Å². The minimum Gasteiger partial charge on any atom is -0.338 e. The number of hydrogen-bond donors (Lipinski definition) is 2. The molecule has 1 aromatic rings. The van der Waals surface area contributed by atoms with Crippen molar-refractivity contribution in [3.63, 3.8) is 0 Å². The van der Waals surface area contributed by atoms with Crippen LogP contribution < -0.4 is 10.6 Å². The number of hydrogen-bond acceptors (Lipinski definition) is 1. The maximum atomic E-state index is 11.7. The van der Waals surface area contributed by atoms with Crippen LogP contribution in [0.15, 0.2) is 24.3 Å². The molecular formula is C17H26N2O. The Morgan fingerprint density at radius 3 is 2.55 bits per heavy atom. The van der Waals surface area contributed by atoms with E-state index in [1.807, 2.05) is 31.2 Å². The average molecular weight is 274 g/mol. The van der Waals surface area contributed by atoms with E-state index in [-0.39, 0.29) is 6.03 Å². The molecule has 110 valence electrons. The molecule has 0 atom stereocenters. The van der Waals surface area contributed by atoms with Gasteiger partial charge in [0.1, 0.15) is 0 Å². The van der Waals surface area contributed by atoms with Crippen LogP contribution >= 0.6 is 0 Å². The van der Waals surface area contributed by atoms with Crippen LogP contribution in [-0.2, 0) is 0 Å². The summed E-state index contributed by atoms with van der Waals surface area (Å²) in [5, 5.41) is 5.79. The molecule has 1 fully saturated rings. The number of amides is 2. The number of urea groups is 1. The Morgan fingerprint density at radius 1 is 1.15 bits per heavy atom. The molecule has 1 saturated carbocycles. The zero-order valence-electron chi connectivity index (χ0n) is 12.5. The Morgan fingerprint density at radius 2 is 1.85 bits per heavy atom. The number of carbonyl (C=O) groups is 1. The molecule has 2 N–H and O–H groups in total. The van der Waals surface area contributed by atoms with Gasteiger partial charge in [-0.1, -0.05) is 49.8 Å². The lowest BCUT2D eigenvalue weighted by molar-refractivity contribution is 0.251. The summed E-state index contributed by atoms with van der Waals surface area (Å²) < 4.78 is 0. The van der Waals surface area contributed by atoms with Crippen LogP contribution in [0.2, 0.25) is 0 Å². The molecule has 3 heteroatoms. The summed E-state index contributed by atoms with van der Waals surface area (Å²) in [6.45, 7) is 2.81. The van der Waals surface area contributed by atoms with Gasteiger partial charge in [-0.2, -0.15) is 0 Å². The van der Waals surface area contributed by atoms with E-state index in [2.05, 4.69) is 10.6 Å². The summed E-state index contributed by atoms with van der Waals surface area (Å²) in [6, 6.07) is 7.75. The van der Waals surface area contributed by atoms with Crippen LogP contribution in [0.25, 0.3) is 0 Å². The van der Waals surface area contributed by atoms with Gasteiger partial charge in [-0.3, -0.25) is 0 Å². The minimum atomic E-state index is -0.0995. The normalized spacial score (nSPS) is 15.8. The Labute approximate surface area is 122 Å². The van der Waals surface area contributed by atoms with E-state index in [0.29, 0.717) is 0 Å². The molecule has 0 bridgehead atoms. The molecule has 2 rings (SSSR count). The Hall–Kier alpha value is -1.51. The van der Waals surface area contributed by atoms with Crippen molar-refractivity contribution in [2.24, 2.45) is 5.92 Å². The molecule has 0 saturated heterocycles. The highest BCUT2D eigenvalue weighted by Crippen LogP contribution is 2.26. The minimum absolute atomic E-state index is 0.0995. The second kappa shape index (κ2) is 7.93. The summed E-state index contributed by atoms with van der Waals surface area (Å²) in [5.74, 6) is 0.894. The molecule has 20 heavy (non-hydrogen) atoms. The predicted molar refractivity (Wildman–Crippen MR) is 84.0 cm³/mol. The largest absolute Gasteiger partial charge is 0.338 e. The van der Waals surface area contributed by atoms with Gasteiger partial charge >= 0.3 is 6.03 Å². The quantitative estimate of drug-likeness (QED) is 0.764. The van der Waals surface area contributed by atoms with Crippen molar-refractivity contribution >= 4 is 11.7 Å². The van der Waals surface area contributed by atoms with Crippen LogP contribution in [0.5, 0.6) is 0 Å². The topological polar surface area (TPSA) is 41.1 Å². The first kappa shape index (κ1) is 14.9. The number of benzene rings is 1. The third-order valence-electron chi connectivity index (χ3n) is 4.11. The van der Waals surface area contributed by atoms with Crippen LogP contribution in [0.1, 0.15) is 50.5 Å². The van der Waals surface area contributed by atoms with Crippen molar-refractivity contribution in [3.8, 4) is 0 Å². The lowest BCUT2D eigenvalue weighted by Gasteiger charge is -2.21. The summed E-state index contributed by atoms with van der Waals surface area (Å²) in [7, 11) is 0. The summed E-state index contributed by atoms with van der Waals surface area (Å²) in [4.78, 5) is 11.7. The third kappa shape index (κ3) is 5.24. The van der Waals surface area contributed by atoms with E-state index in [1.165, 1.54) is 44.1 Å². The van der Waals surface area contributed by atoms with Gasteiger partial charge in [0.05, 0.1) is 0 Å². The fraction of sp³-hybridized carbons (Fsp3) is 0.588. The van der Waals surface area contributed by atoms with Crippen molar-refractivity contribution in [1.29, 1.82) is 0 Å². The van der Waals surface area contributed by atoms with Crippen molar-refractivity contribution < 1.29 is 4.79 Å². The Balaban J connectivity index is 1.59. The fourth-order valence-corrected chi connectivity index (χ4v) is 2.88. The van der Waals surface area contributed by atoms with E-state index in [9.17, 15) is 4.79 Å². The first-order valence-corrected chi connectivity index (χ1v) is 7.85. The van der Waals surface area contributed by atoms with Crippen LogP contribution in [0, 0.1) is 12.8 Å². The SMILES string of the molecule is Cc1ccc(NC(=O)NCCCC2CCCCC2)cc1. The molecule has 1 aliphatic carbocycles. The predicted octanol–water partition coefficient (Wildman–Crippen LogP) is 4.48. The lowest BCUT2D eigenvalue weighted by Crippen LogP contribution is -2.29. The molecule has 0 aliphatic heterocycles. The first-order valence-electron chi connectivity index (χ1n) is 7.85. The molecule has 1 aromatic carbocycles. The highest BCUT2D eigenvalue weighted by atomic mass is 16.2. The molecule has 0 heterocycles. The smallest absolute Gasteiger partial charge is 0.319 e. The molecule has 3 nitrogen and oxygen atoms in total. The lowest BCUT2D eigenvalue weighted by atomic mass is 9.86. The molecule has 0 spiro atoms. The van der Waals surface area contributed by atoms with E-state index in [1.54, 1.807) is 0 Å². The van der Waals surface area contributed by atoms with Gasteiger partial charge < -0.3 is 10.6 Å².